The molecule has 1 saturated heterocycles. The molecule has 0 N–H and O–H groups in total. The van der Waals surface area contributed by atoms with Crippen LogP contribution in [0.5, 0.6) is 5.75 Å². The van der Waals surface area contributed by atoms with Crippen molar-refractivity contribution in [1.82, 2.24) is 9.21 Å². The lowest BCUT2D eigenvalue weighted by atomic mass is 10.1. The van der Waals surface area contributed by atoms with Gasteiger partial charge in [-0.3, -0.25) is 9.69 Å². The summed E-state index contributed by atoms with van der Waals surface area (Å²) in [5.74, 6) is 0.404. The van der Waals surface area contributed by atoms with E-state index in [0.29, 0.717) is 50.1 Å². The maximum absolute atomic E-state index is 13.1. The summed E-state index contributed by atoms with van der Waals surface area (Å²) >= 11 is 9.33. The summed E-state index contributed by atoms with van der Waals surface area (Å²) < 4.78 is 39.4. The molecule has 3 aromatic rings. The first-order chi connectivity index (χ1) is 17.7. The number of benzene rings is 3. The fraction of sp³-hybridized carbons (Fsp3) is 0.296. The lowest BCUT2D eigenvalue weighted by Crippen LogP contribution is -2.48. The van der Waals surface area contributed by atoms with Crippen LogP contribution in [0.15, 0.2) is 76.1 Å². The van der Waals surface area contributed by atoms with Gasteiger partial charge in [-0.05, 0) is 53.6 Å². The molecule has 1 fully saturated rings. The summed E-state index contributed by atoms with van der Waals surface area (Å²) in [5.41, 5.74) is 2.75. The van der Waals surface area contributed by atoms with Gasteiger partial charge in [0.25, 0.3) is 0 Å². The summed E-state index contributed by atoms with van der Waals surface area (Å²) in [6, 6.07) is 19.9. The van der Waals surface area contributed by atoms with Gasteiger partial charge in [0.2, 0.25) is 10.0 Å². The van der Waals surface area contributed by atoms with Crippen molar-refractivity contribution in [3.8, 4) is 5.75 Å². The molecule has 1 aliphatic rings. The Morgan fingerprint density at radius 3 is 2.24 bits per heavy atom. The molecule has 0 amide bonds. The van der Waals surface area contributed by atoms with Gasteiger partial charge in [-0.1, -0.05) is 51.8 Å². The average molecular weight is 608 g/mol. The van der Waals surface area contributed by atoms with Crippen molar-refractivity contribution in [2.24, 2.45) is 0 Å². The minimum atomic E-state index is -3.55. The number of ether oxygens (including phenoxy) is 2. The van der Waals surface area contributed by atoms with Gasteiger partial charge < -0.3 is 9.47 Å². The zero-order chi connectivity index (χ0) is 26.4. The van der Waals surface area contributed by atoms with Crippen molar-refractivity contribution in [1.29, 1.82) is 0 Å². The Hall–Kier alpha value is -2.43. The van der Waals surface area contributed by atoms with Gasteiger partial charge in [0.05, 0.1) is 18.4 Å². The van der Waals surface area contributed by atoms with Crippen LogP contribution in [0.3, 0.4) is 0 Å². The predicted octanol–water partition coefficient (Wildman–Crippen LogP) is 4.90. The van der Waals surface area contributed by atoms with Crippen molar-refractivity contribution in [3.63, 3.8) is 0 Å². The van der Waals surface area contributed by atoms with E-state index in [2.05, 4.69) is 20.8 Å². The topological polar surface area (TPSA) is 76.2 Å². The number of esters is 1. The van der Waals surface area contributed by atoms with Crippen molar-refractivity contribution < 1.29 is 22.7 Å². The number of hydrogen-bond donors (Lipinski definition) is 0. The highest BCUT2D eigenvalue weighted by molar-refractivity contribution is 9.10. The second-order valence-corrected chi connectivity index (χ2v) is 12.0. The van der Waals surface area contributed by atoms with E-state index in [1.165, 1.54) is 11.4 Å². The molecule has 196 valence electrons. The molecule has 0 radical (unpaired) electrons. The summed E-state index contributed by atoms with van der Waals surface area (Å²) in [5, 5.41) is 0.665. The minimum Gasteiger partial charge on any atom is -0.489 e. The molecule has 0 saturated carbocycles. The fourth-order valence-corrected chi connectivity index (χ4v) is 5.92. The van der Waals surface area contributed by atoms with Crippen LogP contribution in [0.4, 0.5) is 0 Å². The first kappa shape index (κ1) is 27.6. The molecule has 4 rings (SSSR count). The van der Waals surface area contributed by atoms with Crippen LogP contribution in [0.2, 0.25) is 5.02 Å². The molecule has 1 heterocycles. The molecule has 0 unspecified atom stereocenters. The van der Waals surface area contributed by atoms with E-state index in [0.717, 1.165) is 21.2 Å². The normalized spacial score (nSPS) is 14.9. The van der Waals surface area contributed by atoms with E-state index < -0.39 is 10.0 Å². The van der Waals surface area contributed by atoms with E-state index in [-0.39, 0.29) is 17.3 Å². The number of methoxy groups -OCH3 is 1. The Morgan fingerprint density at radius 2 is 1.59 bits per heavy atom. The smallest absolute Gasteiger partial charge is 0.309 e. The van der Waals surface area contributed by atoms with Crippen LogP contribution in [0, 0.1) is 0 Å². The van der Waals surface area contributed by atoms with E-state index >= 15 is 0 Å². The maximum Gasteiger partial charge on any atom is 0.309 e. The minimum absolute atomic E-state index is 0.167. The molecule has 0 bridgehead atoms. The highest BCUT2D eigenvalue weighted by Gasteiger charge is 2.28. The fourth-order valence-electron chi connectivity index (χ4n) is 4.11. The number of halogens is 2. The second kappa shape index (κ2) is 12.4. The van der Waals surface area contributed by atoms with Gasteiger partial charge in [0.15, 0.2) is 0 Å². The molecule has 3 aromatic carbocycles. The van der Waals surface area contributed by atoms with E-state index in [4.69, 9.17) is 21.1 Å². The molecule has 0 aromatic heterocycles. The lowest BCUT2D eigenvalue weighted by molar-refractivity contribution is -0.139. The van der Waals surface area contributed by atoms with Crippen LogP contribution >= 0.6 is 27.5 Å². The quantitative estimate of drug-likeness (QED) is 0.322. The molecule has 37 heavy (non-hydrogen) atoms. The molecule has 0 aliphatic carbocycles. The van der Waals surface area contributed by atoms with Crippen molar-refractivity contribution in [2.45, 2.75) is 24.5 Å². The van der Waals surface area contributed by atoms with Crippen LogP contribution in [-0.2, 0) is 39.1 Å². The summed E-state index contributed by atoms with van der Waals surface area (Å²) in [7, 11) is -2.18. The zero-order valence-electron chi connectivity index (χ0n) is 20.4. The number of carbonyl (C=O) groups excluding carboxylic acids is 1. The van der Waals surface area contributed by atoms with Gasteiger partial charge in [-0.2, -0.15) is 4.31 Å². The Balaban J connectivity index is 1.45. The molecule has 0 spiro atoms. The number of piperazine rings is 1. The van der Waals surface area contributed by atoms with Crippen LogP contribution < -0.4 is 4.74 Å². The summed E-state index contributed by atoms with van der Waals surface area (Å²) in [4.78, 5) is 14.3. The number of hydrogen-bond acceptors (Lipinski definition) is 6. The molecule has 10 heteroatoms. The van der Waals surface area contributed by atoms with Gasteiger partial charge in [0.1, 0.15) is 12.4 Å². The largest absolute Gasteiger partial charge is 0.489 e. The monoisotopic (exact) mass is 606 g/mol. The SMILES string of the molecule is COC(=O)Cc1ccc(OCc2ccc(Cl)cc2)c(CN2CCN(S(=O)(=O)c3ccc(Br)cc3)CC2)c1. The zero-order valence-corrected chi connectivity index (χ0v) is 23.6. The third-order valence-electron chi connectivity index (χ3n) is 6.19. The number of nitrogens with zero attached hydrogens (tertiary/aromatic N) is 2. The van der Waals surface area contributed by atoms with Gasteiger partial charge in [-0.15, -0.1) is 0 Å². The van der Waals surface area contributed by atoms with Crippen molar-refractivity contribution in [3.05, 3.63) is 92.9 Å². The van der Waals surface area contributed by atoms with Gasteiger partial charge >= 0.3 is 5.97 Å². The molecule has 1 aliphatic heterocycles. The van der Waals surface area contributed by atoms with E-state index in [1.807, 2.05) is 42.5 Å². The first-order valence-electron chi connectivity index (χ1n) is 11.8. The summed E-state index contributed by atoms with van der Waals surface area (Å²) in [6.45, 7) is 2.88. The lowest BCUT2D eigenvalue weighted by Gasteiger charge is -2.34. The summed E-state index contributed by atoms with van der Waals surface area (Å²) in [6.07, 6.45) is 0.167. The Bertz CT molecular complexity index is 1330. The number of carbonyl (C=O) groups is 1. The average Bonchev–Trinajstić information content (AvgIpc) is 2.89. The predicted molar refractivity (Wildman–Crippen MR) is 146 cm³/mol. The molecule has 7 nitrogen and oxygen atoms in total. The van der Waals surface area contributed by atoms with Gasteiger partial charge in [-0.25, -0.2) is 8.42 Å². The Labute approximate surface area is 231 Å². The van der Waals surface area contributed by atoms with Gasteiger partial charge in [0, 0.05) is 47.8 Å². The van der Waals surface area contributed by atoms with Crippen molar-refractivity contribution >= 4 is 43.5 Å². The first-order valence-corrected chi connectivity index (χ1v) is 14.4. The molecular formula is C27H28BrClN2O5S. The van der Waals surface area contributed by atoms with E-state index in [1.54, 1.807) is 24.3 Å². The van der Waals surface area contributed by atoms with Crippen molar-refractivity contribution in [2.75, 3.05) is 33.3 Å². The van der Waals surface area contributed by atoms with Crippen LogP contribution in [0.1, 0.15) is 16.7 Å². The molecule has 0 atom stereocenters. The second-order valence-electron chi connectivity index (χ2n) is 8.74. The van der Waals surface area contributed by atoms with Crippen LogP contribution in [0.25, 0.3) is 0 Å². The highest BCUT2D eigenvalue weighted by Crippen LogP contribution is 2.26. The number of rotatable bonds is 9. The Kier molecular flexibility index (Phi) is 9.26. The third kappa shape index (κ3) is 7.33. The Morgan fingerprint density at radius 1 is 0.946 bits per heavy atom. The number of sulfonamides is 1. The molecular weight excluding hydrogens is 580 g/mol. The van der Waals surface area contributed by atoms with E-state index in [9.17, 15) is 13.2 Å². The standard InChI is InChI=1S/C27H28BrClN2O5S/c1-35-27(32)17-21-4-11-26(36-19-20-2-7-24(29)8-3-20)22(16-21)18-30-12-14-31(15-13-30)37(33,34)25-9-5-23(28)6-10-25/h2-11,16H,12-15,17-19H2,1H3. The highest BCUT2D eigenvalue weighted by atomic mass is 79.9. The maximum atomic E-state index is 13.1. The van der Waals surface area contributed by atoms with Crippen LogP contribution in [-0.4, -0.2) is 56.9 Å². The third-order valence-corrected chi connectivity index (χ3v) is 8.88.